The minimum Gasteiger partial charge on any atom is -0.397 e. The van der Waals surface area contributed by atoms with Gasteiger partial charge in [-0.25, -0.2) is 0 Å². The number of amides is 2. The summed E-state index contributed by atoms with van der Waals surface area (Å²) in [5, 5.41) is 14.3. The monoisotopic (exact) mass is 419 g/mol. The zero-order chi connectivity index (χ0) is 20.3. The first-order valence-corrected chi connectivity index (χ1v) is 8.81. The SMILES string of the molecule is CC(=O)N1CCN(c2ccc(C(=O)Nc3ccccc3N)cc2[N+](=O)[O-])CC1.Cl. The van der Waals surface area contributed by atoms with Crippen molar-refractivity contribution in [1.82, 2.24) is 4.90 Å². The maximum Gasteiger partial charge on any atom is 0.293 e. The number of carbonyl (C=O) groups is 2. The molecular weight excluding hydrogens is 398 g/mol. The molecule has 0 radical (unpaired) electrons. The van der Waals surface area contributed by atoms with Crippen molar-refractivity contribution in [2.45, 2.75) is 6.92 Å². The Kier molecular flexibility index (Phi) is 7.00. The molecule has 154 valence electrons. The minimum atomic E-state index is -0.500. The van der Waals surface area contributed by atoms with Crippen LogP contribution in [0.5, 0.6) is 0 Å². The molecule has 3 rings (SSSR count). The molecule has 2 amide bonds. The van der Waals surface area contributed by atoms with Crippen molar-refractivity contribution in [3.05, 3.63) is 58.1 Å². The van der Waals surface area contributed by atoms with Crippen molar-refractivity contribution in [2.24, 2.45) is 0 Å². The smallest absolute Gasteiger partial charge is 0.293 e. The number of rotatable bonds is 4. The molecule has 0 saturated carbocycles. The third-order valence-corrected chi connectivity index (χ3v) is 4.71. The summed E-state index contributed by atoms with van der Waals surface area (Å²) < 4.78 is 0. The van der Waals surface area contributed by atoms with Crippen LogP contribution in [0.4, 0.5) is 22.7 Å². The van der Waals surface area contributed by atoms with E-state index in [2.05, 4.69) is 5.32 Å². The van der Waals surface area contributed by atoms with Crippen LogP contribution in [0, 0.1) is 10.1 Å². The van der Waals surface area contributed by atoms with Gasteiger partial charge in [0.05, 0.1) is 16.3 Å². The average molecular weight is 420 g/mol. The van der Waals surface area contributed by atoms with Crippen molar-refractivity contribution in [3.8, 4) is 0 Å². The summed E-state index contributed by atoms with van der Waals surface area (Å²) in [7, 11) is 0. The summed E-state index contributed by atoms with van der Waals surface area (Å²) in [6, 6.07) is 11.2. The third kappa shape index (κ3) is 4.94. The van der Waals surface area contributed by atoms with Gasteiger partial charge in [-0.15, -0.1) is 12.4 Å². The van der Waals surface area contributed by atoms with Gasteiger partial charge in [0.1, 0.15) is 5.69 Å². The normalized spacial score (nSPS) is 13.4. The Morgan fingerprint density at radius 3 is 2.34 bits per heavy atom. The molecule has 2 aromatic carbocycles. The highest BCUT2D eigenvalue weighted by Gasteiger charge is 2.26. The minimum absolute atomic E-state index is 0. The summed E-state index contributed by atoms with van der Waals surface area (Å²) in [4.78, 5) is 38.6. The Hall–Kier alpha value is -3.33. The van der Waals surface area contributed by atoms with E-state index < -0.39 is 10.8 Å². The Morgan fingerprint density at radius 1 is 1.10 bits per heavy atom. The van der Waals surface area contributed by atoms with Gasteiger partial charge in [-0.1, -0.05) is 12.1 Å². The molecule has 0 spiro atoms. The van der Waals surface area contributed by atoms with Gasteiger partial charge in [-0.2, -0.15) is 0 Å². The number of nitrogens with two attached hydrogens (primary N) is 1. The van der Waals surface area contributed by atoms with Crippen LogP contribution in [0.1, 0.15) is 17.3 Å². The standard InChI is InChI=1S/C19H21N5O4.ClH/c1-13(25)22-8-10-23(11-9-22)17-7-6-14(12-18(17)24(27)28)19(26)21-16-5-3-2-4-15(16)20;/h2-7,12H,8-11,20H2,1H3,(H,21,26);1H. The fourth-order valence-electron chi connectivity index (χ4n) is 3.15. The second-order valence-corrected chi connectivity index (χ2v) is 6.50. The van der Waals surface area contributed by atoms with Crippen molar-refractivity contribution in [1.29, 1.82) is 0 Å². The number of nitro groups is 1. The van der Waals surface area contributed by atoms with Crippen molar-refractivity contribution in [3.63, 3.8) is 0 Å². The summed E-state index contributed by atoms with van der Waals surface area (Å²) in [5.74, 6) is -0.490. The first kappa shape index (κ1) is 22.0. The van der Waals surface area contributed by atoms with Crippen LogP contribution >= 0.6 is 12.4 Å². The van der Waals surface area contributed by atoms with Gasteiger partial charge in [0, 0.05) is 44.7 Å². The number of anilines is 3. The Morgan fingerprint density at radius 2 is 1.76 bits per heavy atom. The molecule has 29 heavy (non-hydrogen) atoms. The van der Waals surface area contributed by atoms with Gasteiger partial charge >= 0.3 is 0 Å². The lowest BCUT2D eigenvalue weighted by Crippen LogP contribution is -2.48. The summed E-state index contributed by atoms with van der Waals surface area (Å²) in [6.07, 6.45) is 0. The van der Waals surface area contributed by atoms with E-state index >= 15 is 0 Å². The van der Waals surface area contributed by atoms with E-state index in [-0.39, 0.29) is 29.6 Å². The van der Waals surface area contributed by atoms with Crippen LogP contribution in [-0.2, 0) is 4.79 Å². The first-order valence-electron chi connectivity index (χ1n) is 8.81. The fourth-order valence-corrected chi connectivity index (χ4v) is 3.15. The van der Waals surface area contributed by atoms with Crippen molar-refractivity contribution < 1.29 is 14.5 Å². The van der Waals surface area contributed by atoms with E-state index in [4.69, 9.17) is 5.73 Å². The van der Waals surface area contributed by atoms with Crippen LogP contribution in [0.3, 0.4) is 0 Å². The van der Waals surface area contributed by atoms with Gasteiger partial charge in [-0.05, 0) is 24.3 Å². The Labute approximate surface area is 174 Å². The molecule has 3 N–H and O–H groups in total. The maximum absolute atomic E-state index is 12.5. The second kappa shape index (κ2) is 9.24. The predicted octanol–water partition coefficient (Wildman–Crippen LogP) is 2.52. The number of benzene rings is 2. The number of nitrogens with one attached hydrogen (secondary N) is 1. The van der Waals surface area contributed by atoms with E-state index in [0.717, 1.165) is 0 Å². The van der Waals surface area contributed by atoms with Crippen LogP contribution in [0.2, 0.25) is 0 Å². The molecule has 1 aliphatic heterocycles. The van der Waals surface area contributed by atoms with E-state index in [0.29, 0.717) is 43.2 Å². The molecular formula is C19H22ClN5O4. The molecule has 9 nitrogen and oxygen atoms in total. The Bertz CT molecular complexity index is 929. The number of para-hydroxylation sites is 2. The van der Waals surface area contributed by atoms with E-state index in [1.165, 1.54) is 13.0 Å². The van der Waals surface area contributed by atoms with Crippen LogP contribution in [0.25, 0.3) is 0 Å². The van der Waals surface area contributed by atoms with Gasteiger partial charge in [0.2, 0.25) is 5.91 Å². The third-order valence-electron chi connectivity index (χ3n) is 4.71. The van der Waals surface area contributed by atoms with Gasteiger partial charge in [0.15, 0.2) is 0 Å². The van der Waals surface area contributed by atoms with E-state index in [1.54, 1.807) is 41.3 Å². The molecule has 2 aromatic rings. The molecule has 0 aromatic heterocycles. The van der Waals surface area contributed by atoms with Crippen LogP contribution in [0.15, 0.2) is 42.5 Å². The predicted molar refractivity (Wildman–Crippen MR) is 114 cm³/mol. The van der Waals surface area contributed by atoms with Gasteiger partial charge < -0.3 is 20.9 Å². The summed E-state index contributed by atoms with van der Waals surface area (Å²) in [5.41, 5.74) is 7.13. The average Bonchev–Trinajstić information content (AvgIpc) is 2.69. The van der Waals surface area contributed by atoms with Crippen molar-refractivity contribution >= 4 is 47.0 Å². The van der Waals surface area contributed by atoms with E-state index in [9.17, 15) is 19.7 Å². The number of hydrogen-bond acceptors (Lipinski definition) is 6. The molecule has 0 aliphatic carbocycles. The number of hydrogen-bond donors (Lipinski definition) is 2. The molecule has 1 aliphatic rings. The lowest BCUT2D eigenvalue weighted by Gasteiger charge is -2.35. The lowest BCUT2D eigenvalue weighted by molar-refractivity contribution is -0.384. The molecule has 0 unspecified atom stereocenters. The molecule has 1 fully saturated rings. The van der Waals surface area contributed by atoms with Crippen LogP contribution < -0.4 is 16.0 Å². The highest BCUT2D eigenvalue weighted by atomic mass is 35.5. The highest BCUT2D eigenvalue weighted by Crippen LogP contribution is 2.30. The van der Waals surface area contributed by atoms with E-state index in [1.807, 2.05) is 4.90 Å². The number of halogens is 1. The van der Waals surface area contributed by atoms with Gasteiger partial charge in [0.25, 0.3) is 11.6 Å². The van der Waals surface area contributed by atoms with Crippen LogP contribution in [-0.4, -0.2) is 47.8 Å². The lowest BCUT2D eigenvalue weighted by atomic mass is 10.1. The Balaban J connectivity index is 0.00000300. The summed E-state index contributed by atoms with van der Waals surface area (Å²) in [6.45, 7) is 3.49. The topological polar surface area (TPSA) is 122 Å². The fraction of sp³-hybridized carbons (Fsp3) is 0.263. The van der Waals surface area contributed by atoms with Gasteiger partial charge in [-0.3, -0.25) is 19.7 Å². The number of nitrogen functional groups attached to an aromatic ring is 1. The zero-order valence-corrected chi connectivity index (χ0v) is 16.6. The molecule has 0 bridgehead atoms. The molecule has 1 saturated heterocycles. The number of nitrogens with zero attached hydrogens (tertiary/aromatic N) is 3. The molecule has 1 heterocycles. The van der Waals surface area contributed by atoms with Crippen molar-refractivity contribution in [2.75, 3.05) is 42.1 Å². The number of piperazine rings is 1. The first-order chi connectivity index (χ1) is 13.4. The largest absolute Gasteiger partial charge is 0.397 e. The molecule has 10 heteroatoms. The highest BCUT2D eigenvalue weighted by molar-refractivity contribution is 6.06. The number of carbonyl (C=O) groups excluding carboxylic acids is 2. The number of nitro benzene ring substituents is 1. The summed E-state index contributed by atoms with van der Waals surface area (Å²) >= 11 is 0. The maximum atomic E-state index is 12.5. The second-order valence-electron chi connectivity index (χ2n) is 6.50. The zero-order valence-electron chi connectivity index (χ0n) is 15.8. The quantitative estimate of drug-likeness (QED) is 0.446. The molecule has 0 atom stereocenters.